The van der Waals surface area contributed by atoms with E-state index in [0.29, 0.717) is 36.4 Å². The summed E-state index contributed by atoms with van der Waals surface area (Å²) in [6.45, 7) is 3.60. The van der Waals surface area contributed by atoms with E-state index in [0.717, 1.165) is 36.1 Å². The number of urea groups is 1. The number of anilines is 1. The lowest BCUT2D eigenvalue weighted by atomic mass is 10.0. The predicted octanol–water partition coefficient (Wildman–Crippen LogP) is 6.16. The number of hydrogen-bond donors (Lipinski definition) is 1. The first kappa shape index (κ1) is 24.7. The van der Waals surface area contributed by atoms with Crippen LogP contribution in [-0.4, -0.2) is 48.0 Å². The van der Waals surface area contributed by atoms with E-state index >= 15 is 0 Å². The van der Waals surface area contributed by atoms with Gasteiger partial charge in [-0.1, -0.05) is 29.3 Å². The highest BCUT2D eigenvalue weighted by molar-refractivity contribution is 7.10. The van der Waals surface area contributed by atoms with Crippen LogP contribution in [0.2, 0.25) is 5.02 Å². The average Bonchev–Trinajstić information content (AvgIpc) is 3.56. The first-order valence-electron chi connectivity index (χ1n) is 12.3. The molecule has 5 rings (SSSR count). The number of ether oxygens (including phenoxy) is 1. The van der Waals surface area contributed by atoms with E-state index in [9.17, 15) is 9.59 Å². The van der Waals surface area contributed by atoms with Gasteiger partial charge in [-0.2, -0.15) is 0 Å². The fourth-order valence-electron chi connectivity index (χ4n) is 4.51. The van der Waals surface area contributed by atoms with E-state index in [1.54, 1.807) is 28.4 Å². The lowest BCUT2D eigenvalue weighted by molar-refractivity contribution is -0.135. The fourth-order valence-corrected chi connectivity index (χ4v) is 5.56. The normalized spacial score (nSPS) is 16.8. The molecule has 36 heavy (non-hydrogen) atoms. The van der Waals surface area contributed by atoms with Crippen LogP contribution in [0.15, 0.2) is 60.0 Å². The zero-order valence-electron chi connectivity index (χ0n) is 20.3. The molecule has 0 spiro atoms. The number of rotatable bonds is 8. The molecule has 1 aliphatic heterocycles. The predicted molar refractivity (Wildman–Crippen MR) is 144 cm³/mol. The Labute approximate surface area is 220 Å². The van der Waals surface area contributed by atoms with Gasteiger partial charge < -0.3 is 19.9 Å². The second-order valence-corrected chi connectivity index (χ2v) is 11.0. The molecule has 2 aliphatic rings. The van der Waals surface area contributed by atoms with Gasteiger partial charge in [0.1, 0.15) is 18.9 Å². The summed E-state index contributed by atoms with van der Waals surface area (Å²) in [4.78, 5) is 31.6. The Kier molecular flexibility index (Phi) is 7.48. The molecule has 1 N–H and O–H groups in total. The van der Waals surface area contributed by atoms with Crippen molar-refractivity contribution in [1.82, 2.24) is 9.80 Å². The van der Waals surface area contributed by atoms with Crippen molar-refractivity contribution in [2.24, 2.45) is 5.92 Å². The monoisotopic (exact) mass is 523 g/mol. The minimum absolute atomic E-state index is 0.0467. The Bertz CT molecular complexity index is 1210. The van der Waals surface area contributed by atoms with Gasteiger partial charge in [-0.15, -0.1) is 11.3 Å². The van der Waals surface area contributed by atoms with Crippen molar-refractivity contribution in [2.75, 3.05) is 31.6 Å². The molecule has 0 bridgehead atoms. The van der Waals surface area contributed by atoms with Crippen molar-refractivity contribution in [2.45, 2.75) is 32.2 Å². The Morgan fingerprint density at radius 3 is 2.58 bits per heavy atom. The minimum Gasteiger partial charge on any atom is -0.491 e. The number of nitrogens with zero attached hydrogens (tertiary/aromatic N) is 2. The maximum absolute atomic E-state index is 13.6. The molecule has 2 aromatic carbocycles. The lowest BCUT2D eigenvalue weighted by Gasteiger charge is -2.37. The number of halogens is 1. The SMILES string of the molecule is Cc1ccc(NC(=O)N(CC(=O)N2CCc3sccc3C2COc2ccc(Cl)cc2)CC2CC2)cc1. The third-order valence-electron chi connectivity index (χ3n) is 6.73. The number of amides is 3. The summed E-state index contributed by atoms with van der Waals surface area (Å²) < 4.78 is 6.08. The summed E-state index contributed by atoms with van der Waals surface area (Å²) in [6, 6.07) is 16.6. The molecule has 3 aromatic rings. The van der Waals surface area contributed by atoms with Crippen LogP contribution in [0.4, 0.5) is 10.5 Å². The molecular weight excluding hydrogens is 494 g/mol. The molecule has 188 valence electrons. The van der Waals surface area contributed by atoms with E-state index < -0.39 is 0 Å². The Hall–Kier alpha value is -3.03. The molecule has 1 saturated carbocycles. The lowest BCUT2D eigenvalue weighted by Crippen LogP contribution is -2.49. The van der Waals surface area contributed by atoms with E-state index in [1.165, 1.54) is 4.88 Å². The van der Waals surface area contributed by atoms with Gasteiger partial charge in [-0.05, 0) is 85.5 Å². The van der Waals surface area contributed by atoms with Crippen LogP contribution in [0.5, 0.6) is 5.75 Å². The quantitative estimate of drug-likeness (QED) is 0.384. The maximum atomic E-state index is 13.6. The summed E-state index contributed by atoms with van der Waals surface area (Å²) in [6.07, 6.45) is 3.01. The Morgan fingerprint density at radius 1 is 1.11 bits per heavy atom. The van der Waals surface area contributed by atoms with Crippen molar-refractivity contribution in [1.29, 1.82) is 0 Å². The molecular formula is C28H30ClN3O3S. The number of nitrogens with one attached hydrogen (secondary N) is 1. The summed E-state index contributed by atoms with van der Waals surface area (Å²) in [5.74, 6) is 1.12. The highest BCUT2D eigenvalue weighted by atomic mass is 35.5. The zero-order valence-corrected chi connectivity index (χ0v) is 21.9. The average molecular weight is 524 g/mol. The standard InChI is InChI=1S/C28H30ClN3O3S/c1-19-2-8-22(9-3-19)30-28(34)31(16-20-4-5-20)17-27(33)32-14-12-26-24(13-15-36-26)25(32)18-35-23-10-6-21(29)7-11-23/h2-3,6-11,13,15,20,25H,4-5,12,14,16-18H2,1H3,(H,30,34). The molecule has 1 fully saturated rings. The first-order chi connectivity index (χ1) is 17.5. The number of fused-ring (bicyclic) bond motifs is 1. The van der Waals surface area contributed by atoms with E-state index in [2.05, 4.69) is 16.8 Å². The van der Waals surface area contributed by atoms with Crippen molar-refractivity contribution in [3.8, 4) is 5.75 Å². The maximum Gasteiger partial charge on any atom is 0.322 e. The van der Waals surface area contributed by atoms with Crippen molar-refractivity contribution in [3.63, 3.8) is 0 Å². The first-order valence-corrected chi connectivity index (χ1v) is 13.6. The number of carbonyl (C=O) groups is 2. The van der Waals surface area contributed by atoms with Gasteiger partial charge >= 0.3 is 6.03 Å². The number of benzene rings is 2. The highest BCUT2D eigenvalue weighted by Gasteiger charge is 2.35. The van der Waals surface area contributed by atoms with Gasteiger partial charge in [0, 0.05) is 28.7 Å². The van der Waals surface area contributed by atoms with E-state index in [4.69, 9.17) is 16.3 Å². The summed E-state index contributed by atoms with van der Waals surface area (Å²) in [5, 5.41) is 5.69. The van der Waals surface area contributed by atoms with Gasteiger partial charge in [0.2, 0.25) is 5.91 Å². The smallest absolute Gasteiger partial charge is 0.322 e. The highest BCUT2D eigenvalue weighted by Crippen LogP contribution is 2.35. The van der Waals surface area contributed by atoms with Gasteiger partial charge in [0.15, 0.2) is 0 Å². The Balaban J connectivity index is 1.29. The van der Waals surface area contributed by atoms with Crippen LogP contribution in [0, 0.1) is 12.8 Å². The molecule has 1 aromatic heterocycles. The molecule has 0 radical (unpaired) electrons. The van der Waals surface area contributed by atoms with Crippen LogP contribution in [0.3, 0.4) is 0 Å². The second-order valence-electron chi connectivity index (χ2n) is 9.54. The van der Waals surface area contributed by atoms with Crippen LogP contribution in [-0.2, 0) is 11.2 Å². The third-order valence-corrected chi connectivity index (χ3v) is 7.98. The molecule has 8 heteroatoms. The molecule has 1 atom stereocenters. The zero-order chi connectivity index (χ0) is 25.1. The van der Waals surface area contributed by atoms with Crippen molar-refractivity contribution >= 4 is 40.6 Å². The van der Waals surface area contributed by atoms with E-state index in [1.807, 2.05) is 48.2 Å². The number of aryl methyl sites for hydroxylation is 1. The van der Waals surface area contributed by atoms with E-state index in [-0.39, 0.29) is 24.5 Å². The summed E-state index contributed by atoms with van der Waals surface area (Å²) in [5.41, 5.74) is 2.99. The molecule has 1 aliphatic carbocycles. The molecule has 2 heterocycles. The van der Waals surface area contributed by atoms with Crippen LogP contribution >= 0.6 is 22.9 Å². The van der Waals surface area contributed by atoms with Crippen LogP contribution in [0.1, 0.15) is 34.9 Å². The number of hydrogen-bond acceptors (Lipinski definition) is 4. The molecule has 3 amide bonds. The van der Waals surface area contributed by atoms with Crippen molar-refractivity contribution in [3.05, 3.63) is 81.0 Å². The van der Waals surface area contributed by atoms with Crippen LogP contribution < -0.4 is 10.1 Å². The topological polar surface area (TPSA) is 61.9 Å². The number of thiophene rings is 1. The van der Waals surface area contributed by atoms with Gasteiger partial charge in [-0.3, -0.25) is 4.79 Å². The van der Waals surface area contributed by atoms with Gasteiger partial charge in [0.25, 0.3) is 0 Å². The Morgan fingerprint density at radius 2 is 1.86 bits per heavy atom. The van der Waals surface area contributed by atoms with Crippen LogP contribution in [0.25, 0.3) is 0 Å². The largest absolute Gasteiger partial charge is 0.491 e. The molecule has 1 unspecified atom stereocenters. The summed E-state index contributed by atoms with van der Waals surface area (Å²) in [7, 11) is 0. The number of carbonyl (C=O) groups excluding carboxylic acids is 2. The van der Waals surface area contributed by atoms with Gasteiger partial charge in [-0.25, -0.2) is 4.79 Å². The molecule has 6 nitrogen and oxygen atoms in total. The molecule has 0 saturated heterocycles. The second kappa shape index (κ2) is 10.9. The summed E-state index contributed by atoms with van der Waals surface area (Å²) >= 11 is 7.72. The van der Waals surface area contributed by atoms with Gasteiger partial charge in [0.05, 0.1) is 6.04 Å². The van der Waals surface area contributed by atoms with Crippen molar-refractivity contribution < 1.29 is 14.3 Å². The fraction of sp³-hybridized carbons (Fsp3) is 0.357. The minimum atomic E-state index is -0.235. The third kappa shape index (κ3) is 6.02.